The Kier molecular flexibility index (Phi) is 4.57. The number of thiocarbonyl (C=S) groups is 1. The van der Waals surface area contributed by atoms with Crippen LogP contribution in [0.4, 0.5) is 0 Å². The molecule has 0 aromatic carbocycles. The van der Waals surface area contributed by atoms with Crippen molar-refractivity contribution in [2.24, 2.45) is 0 Å². The van der Waals surface area contributed by atoms with Gasteiger partial charge in [-0.25, -0.2) is 0 Å². The van der Waals surface area contributed by atoms with Gasteiger partial charge in [-0.15, -0.1) is 0 Å². The number of hydrogen-bond donors (Lipinski definition) is 1. The van der Waals surface area contributed by atoms with Crippen LogP contribution in [-0.4, -0.2) is 23.4 Å². The van der Waals surface area contributed by atoms with Crippen molar-refractivity contribution in [1.29, 1.82) is 0 Å². The molecule has 69 valence electrons. The predicted molar refractivity (Wildman–Crippen MR) is 58.1 cm³/mol. The van der Waals surface area contributed by atoms with E-state index in [0.717, 1.165) is 13.1 Å². The number of nitrogens with zero attached hydrogens (tertiary/aromatic N) is 1. The number of hydrogen-bond acceptors (Lipinski definition) is 3. The Balaban J connectivity index is 2.61. The predicted octanol–water partition coefficient (Wildman–Crippen LogP) is 1.65. The van der Waals surface area contributed by atoms with E-state index < -0.39 is 0 Å². The van der Waals surface area contributed by atoms with E-state index in [9.17, 15) is 0 Å². The van der Waals surface area contributed by atoms with E-state index in [2.05, 4.69) is 22.6 Å². The van der Waals surface area contributed by atoms with Crippen LogP contribution < -0.4 is 5.32 Å². The Labute approximate surface area is 84.4 Å². The van der Waals surface area contributed by atoms with Crippen molar-refractivity contribution in [2.45, 2.75) is 12.8 Å². The largest absolute Gasteiger partial charge is 0.316 e. The second-order valence-corrected chi connectivity index (χ2v) is 2.99. The smallest absolute Gasteiger partial charge is 0.0385 e. The van der Waals surface area contributed by atoms with Crippen LogP contribution in [0.5, 0.6) is 0 Å². The normalized spacial score (nSPS) is 12.4. The van der Waals surface area contributed by atoms with Crippen LogP contribution in [0.3, 0.4) is 0 Å². The second kappa shape index (κ2) is 5.78. The van der Waals surface area contributed by atoms with Gasteiger partial charge in [-0.05, 0) is 24.2 Å². The average molecular weight is 193 g/mol. The van der Waals surface area contributed by atoms with Crippen molar-refractivity contribution in [2.75, 3.05) is 13.1 Å². The molecule has 1 heterocycles. The Bertz CT molecular complexity index is 248. The quantitative estimate of drug-likeness (QED) is 0.720. The Morgan fingerprint density at radius 1 is 1.54 bits per heavy atom. The summed E-state index contributed by atoms with van der Waals surface area (Å²) in [6, 6.07) is 3.95. The molecule has 1 aromatic rings. The summed E-state index contributed by atoms with van der Waals surface area (Å²) in [5, 5.41) is 6.09. The van der Waals surface area contributed by atoms with Crippen LogP contribution in [-0.2, 0) is 0 Å². The molecule has 2 nitrogen and oxygen atoms in total. The number of pyridine rings is 1. The van der Waals surface area contributed by atoms with Crippen molar-refractivity contribution in [1.82, 2.24) is 10.3 Å². The van der Waals surface area contributed by atoms with Gasteiger partial charge >= 0.3 is 0 Å². The highest BCUT2D eigenvalue weighted by Crippen LogP contribution is 2.11. The van der Waals surface area contributed by atoms with Gasteiger partial charge in [-0.1, -0.05) is 19.1 Å². The van der Waals surface area contributed by atoms with Gasteiger partial charge in [0.2, 0.25) is 0 Å². The first-order valence-corrected chi connectivity index (χ1v) is 4.77. The summed E-state index contributed by atoms with van der Waals surface area (Å²) < 4.78 is 0. The molecule has 1 N–H and O–H groups in total. The zero-order valence-electron chi connectivity index (χ0n) is 7.66. The van der Waals surface area contributed by atoms with Crippen LogP contribution in [0, 0.1) is 0 Å². The fourth-order valence-corrected chi connectivity index (χ4v) is 1.33. The first-order valence-electron chi connectivity index (χ1n) is 4.36. The average Bonchev–Trinajstić information content (AvgIpc) is 2.21. The standard InChI is InChI=1S/C10H13N2S/c1-2-11-7-10(8-13)9-3-5-12-6-4-9/h3-6,10-11H,2,7H2,1H3. The van der Waals surface area contributed by atoms with E-state index in [1.54, 1.807) is 12.4 Å². The zero-order valence-corrected chi connectivity index (χ0v) is 8.47. The van der Waals surface area contributed by atoms with Crippen LogP contribution >= 0.6 is 12.2 Å². The minimum absolute atomic E-state index is 0.193. The maximum atomic E-state index is 4.86. The highest BCUT2D eigenvalue weighted by Gasteiger charge is 2.06. The topological polar surface area (TPSA) is 24.9 Å². The van der Waals surface area contributed by atoms with Crippen molar-refractivity contribution in [3.63, 3.8) is 0 Å². The van der Waals surface area contributed by atoms with Crippen LogP contribution in [0.25, 0.3) is 0 Å². The molecule has 0 aliphatic rings. The van der Waals surface area contributed by atoms with Crippen molar-refractivity contribution in [3.8, 4) is 0 Å². The van der Waals surface area contributed by atoms with Gasteiger partial charge in [0.05, 0.1) is 0 Å². The Hall–Kier alpha value is -0.800. The molecular weight excluding hydrogens is 180 g/mol. The third-order valence-corrected chi connectivity index (χ3v) is 2.13. The zero-order chi connectivity index (χ0) is 9.52. The summed E-state index contributed by atoms with van der Waals surface area (Å²) in [7, 11) is 0. The van der Waals surface area contributed by atoms with Gasteiger partial charge in [0.25, 0.3) is 0 Å². The number of rotatable bonds is 5. The molecule has 1 aromatic heterocycles. The molecule has 0 amide bonds. The lowest BCUT2D eigenvalue weighted by atomic mass is 10.0. The molecule has 1 unspecified atom stereocenters. The third kappa shape index (κ3) is 3.20. The number of aromatic nitrogens is 1. The highest BCUT2D eigenvalue weighted by molar-refractivity contribution is 7.79. The minimum atomic E-state index is 0.193. The summed E-state index contributed by atoms with van der Waals surface area (Å²) in [6.07, 6.45) is 3.56. The molecule has 0 aliphatic heterocycles. The lowest BCUT2D eigenvalue weighted by Gasteiger charge is -2.10. The van der Waals surface area contributed by atoms with E-state index in [1.807, 2.05) is 12.1 Å². The molecule has 0 bridgehead atoms. The maximum Gasteiger partial charge on any atom is 0.0385 e. The molecule has 1 radical (unpaired) electrons. The van der Waals surface area contributed by atoms with E-state index in [4.69, 9.17) is 12.2 Å². The molecule has 0 aliphatic carbocycles. The summed E-state index contributed by atoms with van der Waals surface area (Å²) in [4.78, 5) is 3.96. The van der Waals surface area contributed by atoms with Gasteiger partial charge in [-0.2, -0.15) is 0 Å². The van der Waals surface area contributed by atoms with E-state index in [0.29, 0.717) is 0 Å². The van der Waals surface area contributed by atoms with Crippen LogP contribution in [0.1, 0.15) is 18.4 Å². The summed E-state index contributed by atoms with van der Waals surface area (Å²) in [5.74, 6) is 0.193. The van der Waals surface area contributed by atoms with Gasteiger partial charge in [0.15, 0.2) is 0 Å². The Morgan fingerprint density at radius 3 is 2.77 bits per heavy atom. The monoisotopic (exact) mass is 193 g/mol. The molecular formula is C10H13N2S. The first kappa shape index (κ1) is 10.3. The summed E-state index contributed by atoms with van der Waals surface area (Å²) in [6.45, 7) is 3.88. The molecule has 1 atom stereocenters. The molecule has 1 rings (SSSR count). The molecule has 0 spiro atoms. The van der Waals surface area contributed by atoms with Gasteiger partial charge in [0, 0.05) is 30.2 Å². The third-order valence-electron chi connectivity index (χ3n) is 1.85. The van der Waals surface area contributed by atoms with Gasteiger partial charge in [0.1, 0.15) is 0 Å². The van der Waals surface area contributed by atoms with Crippen molar-refractivity contribution < 1.29 is 0 Å². The molecule has 0 fully saturated rings. The molecule has 3 heteroatoms. The molecule has 0 saturated heterocycles. The summed E-state index contributed by atoms with van der Waals surface area (Å²) >= 11 is 4.86. The lowest BCUT2D eigenvalue weighted by Crippen LogP contribution is -2.21. The Morgan fingerprint density at radius 2 is 2.23 bits per heavy atom. The molecule has 0 saturated carbocycles. The van der Waals surface area contributed by atoms with Crippen molar-refractivity contribution >= 4 is 17.6 Å². The SMILES string of the molecule is CCNCC([C]=S)c1ccncc1. The van der Waals surface area contributed by atoms with E-state index in [1.165, 1.54) is 5.56 Å². The van der Waals surface area contributed by atoms with E-state index >= 15 is 0 Å². The first-order chi connectivity index (χ1) is 6.38. The lowest BCUT2D eigenvalue weighted by molar-refractivity contribution is 0.695. The fraction of sp³-hybridized carbons (Fsp3) is 0.400. The maximum absolute atomic E-state index is 4.86. The number of nitrogens with one attached hydrogen (secondary N) is 1. The van der Waals surface area contributed by atoms with Crippen LogP contribution in [0.2, 0.25) is 0 Å². The van der Waals surface area contributed by atoms with Gasteiger partial charge < -0.3 is 5.32 Å². The van der Waals surface area contributed by atoms with Crippen LogP contribution in [0.15, 0.2) is 24.5 Å². The highest BCUT2D eigenvalue weighted by atomic mass is 32.1. The molecule has 13 heavy (non-hydrogen) atoms. The summed E-state index contributed by atoms with van der Waals surface area (Å²) in [5.41, 5.74) is 1.17. The van der Waals surface area contributed by atoms with Gasteiger partial charge in [-0.3, -0.25) is 4.98 Å². The minimum Gasteiger partial charge on any atom is -0.316 e. The second-order valence-electron chi connectivity index (χ2n) is 2.76. The number of likely N-dealkylation sites (N-methyl/N-ethyl adjacent to an activating group) is 1. The van der Waals surface area contributed by atoms with E-state index in [-0.39, 0.29) is 5.92 Å². The fourth-order valence-electron chi connectivity index (χ4n) is 1.11. The van der Waals surface area contributed by atoms with Crippen molar-refractivity contribution in [3.05, 3.63) is 30.1 Å².